The summed E-state index contributed by atoms with van der Waals surface area (Å²) in [5, 5.41) is 11.3. The monoisotopic (exact) mass is 556 g/mol. The van der Waals surface area contributed by atoms with E-state index in [4.69, 9.17) is 0 Å². The van der Waals surface area contributed by atoms with E-state index < -0.39 is 0 Å². The highest BCUT2D eigenvalue weighted by molar-refractivity contribution is 6.32. The van der Waals surface area contributed by atoms with Crippen LogP contribution in [0.5, 0.6) is 0 Å². The lowest BCUT2D eigenvalue weighted by Gasteiger charge is -2.29. The van der Waals surface area contributed by atoms with Crippen molar-refractivity contribution in [3.05, 3.63) is 107 Å². The molecule has 6 rings (SSSR count). The predicted octanol–water partition coefficient (Wildman–Crippen LogP) is 7.77. The van der Waals surface area contributed by atoms with E-state index in [9.17, 15) is 9.59 Å². The van der Waals surface area contributed by atoms with Crippen LogP contribution in [0.4, 0.5) is 11.4 Å². The largest absolute Gasteiger partial charge is 0.388 e. The lowest BCUT2D eigenvalue weighted by Crippen LogP contribution is -2.41. The van der Waals surface area contributed by atoms with Gasteiger partial charge < -0.3 is 15.1 Å². The number of carbonyl (C=O) groups is 2. The predicted molar refractivity (Wildman–Crippen MR) is 175 cm³/mol. The maximum absolute atomic E-state index is 14.2. The summed E-state index contributed by atoms with van der Waals surface area (Å²) in [4.78, 5) is 28.1. The van der Waals surface area contributed by atoms with Crippen molar-refractivity contribution in [1.29, 1.82) is 0 Å². The summed E-state index contributed by atoms with van der Waals surface area (Å²) in [7, 11) is 6.36. The third-order valence-electron chi connectivity index (χ3n) is 8.59. The number of benzene rings is 5. The van der Waals surface area contributed by atoms with Crippen molar-refractivity contribution in [3.63, 3.8) is 0 Å². The van der Waals surface area contributed by atoms with Crippen LogP contribution in [-0.4, -0.2) is 56.8 Å². The summed E-state index contributed by atoms with van der Waals surface area (Å²) < 4.78 is 0.990. The van der Waals surface area contributed by atoms with Crippen LogP contribution >= 0.6 is 0 Å². The molecule has 0 atom stereocenters. The summed E-state index contributed by atoms with van der Waals surface area (Å²) in [6, 6.07) is 28.1. The molecule has 0 fully saturated rings. The number of rotatable bonds is 9. The van der Waals surface area contributed by atoms with Gasteiger partial charge in [-0.15, -0.1) is 0 Å². The molecule has 5 nitrogen and oxygen atoms in total. The Bertz CT molecular complexity index is 1850. The van der Waals surface area contributed by atoms with Gasteiger partial charge in [0.25, 0.3) is 0 Å². The van der Waals surface area contributed by atoms with Gasteiger partial charge in [-0.25, -0.2) is 0 Å². The average molecular weight is 557 g/mol. The van der Waals surface area contributed by atoms with Gasteiger partial charge in [-0.1, -0.05) is 67.6 Å². The highest BCUT2D eigenvalue weighted by Gasteiger charge is 2.34. The summed E-state index contributed by atoms with van der Waals surface area (Å²) in [6.45, 7) is 5.26. The summed E-state index contributed by atoms with van der Waals surface area (Å²) >= 11 is 0. The average Bonchev–Trinajstić information content (AvgIpc) is 3.00. The van der Waals surface area contributed by atoms with Crippen LogP contribution in [0.3, 0.4) is 0 Å². The molecule has 0 heterocycles. The van der Waals surface area contributed by atoms with Crippen molar-refractivity contribution >= 4 is 44.5 Å². The first-order valence-electron chi connectivity index (χ1n) is 14.9. The Morgan fingerprint density at radius 1 is 0.643 bits per heavy atom. The fourth-order valence-electron chi connectivity index (χ4n) is 6.54. The molecule has 0 bridgehead atoms. The lowest BCUT2D eigenvalue weighted by molar-refractivity contribution is -0.890. The minimum absolute atomic E-state index is 0.116. The molecule has 0 saturated carbocycles. The normalized spacial score (nSPS) is 12.9. The fourth-order valence-corrected chi connectivity index (χ4v) is 6.54. The van der Waals surface area contributed by atoms with Crippen LogP contribution in [0.15, 0.2) is 84.9 Å². The fraction of sp³-hybridized carbons (Fsp3) is 0.243. The zero-order chi connectivity index (χ0) is 29.4. The number of anilines is 2. The van der Waals surface area contributed by atoms with Crippen molar-refractivity contribution in [1.82, 2.24) is 0 Å². The molecular formula is C37H38N3O2+. The number of quaternary nitrogens is 1. The van der Waals surface area contributed by atoms with Gasteiger partial charge in [0.2, 0.25) is 0 Å². The van der Waals surface area contributed by atoms with Crippen LogP contribution < -0.4 is 10.6 Å². The molecule has 0 saturated heterocycles. The zero-order valence-electron chi connectivity index (χ0n) is 24.9. The number of nitrogens with one attached hydrogen (secondary N) is 2. The Kier molecular flexibility index (Phi) is 7.29. The second-order valence-corrected chi connectivity index (χ2v) is 11.9. The molecule has 5 aromatic rings. The molecule has 212 valence electrons. The highest BCUT2D eigenvalue weighted by atomic mass is 16.1. The van der Waals surface area contributed by atoms with Crippen molar-refractivity contribution in [3.8, 4) is 11.1 Å². The topological polar surface area (TPSA) is 58.2 Å². The van der Waals surface area contributed by atoms with Crippen molar-refractivity contribution in [2.75, 3.05) is 51.4 Å². The number of hydrogen-bond donors (Lipinski definition) is 2. The van der Waals surface area contributed by atoms with Gasteiger partial charge in [0.1, 0.15) is 0 Å². The summed E-state index contributed by atoms with van der Waals surface area (Å²) in [5.74, 6) is -0.239. The molecule has 2 N–H and O–H groups in total. The maximum Gasteiger partial charge on any atom is 0.196 e. The molecule has 0 unspecified atom stereocenters. The molecule has 0 aliphatic heterocycles. The standard InChI is InChI=1S/C37H37N3O2/c1-5-20-40(3,4)21-10-19-39-32-17-15-26-22-24-11-6-7-12-25(24)23-30(26)33(32)29-16-18-31(38-2)35-34(29)36(41)27-13-8-9-14-28(27)37(35)42/h6-9,11-18,22-23H,5,10,19-21H2,1-4H3,(H-,38,39,41,42)/p+1. The van der Waals surface area contributed by atoms with Crippen LogP contribution in [0.2, 0.25) is 0 Å². The highest BCUT2D eigenvalue weighted by Crippen LogP contribution is 2.44. The van der Waals surface area contributed by atoms with Crippen molar-refractivity contribution in [2.45, 2.75) is 19.8 Å². The van der Waals surface area contributed by atoms with E-state index in [-0.39, 0.29) is 11.6 Å². The second-order valence-electron chi connectivity index (χ2n) is 11.9. The SMILES string of the molecule is CCC[N+](C)(C)CCCNc1ccc2cc3ccccc3cc2c1-c1ccc(NC)c2c1C(=O)c1ccccc1C2=O. The van der Waals surface area contributed by atoms with Gasteiger partial charge in [0.15, 0.2) is 11.6 Å². The third-order valence-corrected chi connectivity index (χ3v) is 8.59. The van der Waals surface area contributed by atoms with Crippen molar-refractivity contribution in [2.24, 2.45) is 0 Å². The van der Waals surface area contributed by atoms with Crippen LogP contribution in [-0.2, 0) is 0 Å². The molecule has 0 radical (unpaired) electrons. The molecule has 5 heteroatoms. The van der Waals surface area contributed by atoms with E-state index in [1.807, 2.05) is 24.3 Å². The lowest BCUT2D eigenvalue weighted by atomic mass is 9.78. The van der Waals surface area contributed by atoms with Crippen LogP contribution in [0.1, 0.15) is 51.6 Å². The number of carbonyl (C=O) groups excluding carboxylic acids is 2. The number of ketones is 2. The maximum atomic E-state index is 14.2. The van der Waals surface area contributed by atoms with E-state index in [1.54, 1.807) is 19.2 Å². The minimum Gasteiger partial charge on any atom is -0.388 e. The molecule has 0 spiro atoms. The van der Waals surface area contributed by atoms with E-state index in [0.29, 0.717) is 27.9 Å². The Morgan fingerprint density at radius 3 is 1.98 bits per heavy atom. The van der Waals surface area contributed by atoms with E-state index in [1.165, 1.54) is 5.39 Å². The molecule has 5 aromatic carbocycles. The first-order valence-corrected chi connectivity index (χ1v) is 14.9. The van der Waals surface area contributed by atoms with Gasteiger partial charge >= 0.3 is 0 Å². The number of fused-ring (bicyclic) bond motifs is 4. The number of nitrogens with zero attached hydrogens (tertiary/aromatic N) is 1. The Balaban J connectivity index is 1.55. The minimum atomic E-state index is -0.123. The van der Waals surface area contributed by atoms with Crippen molar-refractivity contribution < 1.29 is 14.1 Å². The van der Waals surface area contributed by atoms with Gasteiger partial charge in [0.05, 0.1) is 32.7 Å². The molecule has 0 amide bonds. The summed E-state index contributed by atoms with van der Waals surface area (Å²) in [6.07, 6.45) is 2.18. The van der Waals surface area contributed by atoms with Gasteiger partial charge in [0, 0.05) is 53.6 Å². The van der Waals surface area contributed by atoms with Gasteiger partial charge in [-0.3, -0.25) is 9.59 Å². The quantitative estimate of drug-likeness (QED) is 0.109. The third kappa shape index (κ3) is 4.84. The Morgan fingerprint density at radius 2 is 1.29 bits per heavy atom. The molecular weight excluding hydrogens is 518 g/mol. The molecule has 0 aromatic heterocycles. The van der Waals surface area contributed by atoms with E-state index >= 15 is 0 Å². The smallest absolute Gasteiger partial charge is 0.196 e. The molecule has 42 heavy (non-hydrogen) atoms. The zero-order valence-corrected chi connectivity index (χ0v) is 24.9. The van der Waals surface area contributed by atoms with E-state index in [0.717, 1.165) is 69.9 Å². The van der Waals surface area contributed by atoms with Crippen LogP contribution in [0.25, 0.3) is 32.7 Å². The number of hydrogen-bond acceptors (Lipinski definition) is 4. The van der Waals surface area contributed by atoms with E-state index in [2.05, 4.69) is 80.2 Å². The van der Waals surface area contributed by atoms with Gasteiger partial charge in [-0.05, 0) is 57.8 Å². The van der Waals surface area contributed by atoms with Crippen LogP contribution in [0, 0.1) is 0 Å². The Labute approximate surface area is 247 Å². The molecule has 1 aliphatic carbocycles. The first-order chi connectivity index (χ1) is 20.3. The van der Waals surface area contributed by atoms with Gasteiger partial charge in [-0.2, -0.15) is 0 Å². The summed E-state index contributed by atoms with van der Waals surface area (Å²) in [5.41, 5.74) is 5.20. The second kappa shape index (κ2) is 11.1. The first kappa shape index (κ1) is 27.7. The molecule has 1 aliphatic rings. The Hall–Kier alpha value is -4.48.